The van der Waals surface area contributed by atoms with E-state index in [0.717, 1.165) is 45.2 Å². The van der Waals surface area contributed by atoms with Crippen molar-refractivity contribution in [2.24, 2.45) is 11.8 Å². The Kier molecular flexibility index (Phi) is 5.79. The second kappa shape index (κ2) is 8.63. The quantitative estimate of drug-likeness (QED) is 0.814. The molecule has 1 aromatic heterocycles. The molecule has 2 aromatic rings. The van der Waals surface area contributed by atoms with Gasteiger partial charge in [-0.1, -0.05) is 30.3 Å². The molecule has 0 spiro atoms. The molecule has 0 bridgehead atoms. The Morgan fingerprint density at radius 1 is 0.857 bits per heavy atom. The summed E-state index contributed by atoms with van der Waals surface area (Å²) in [5.74, 6) is 1.30. The molecular formula is C23H28N2O3. The van der Waals surface area contributed by atoms with Crippen molar-refractivity contribution in [2.45, 2.75) is 32.1 Å². The maximum absolute atomic E-state index is 12.9. The van der Waals surface area contributed by atoms with Gasteiger partial charge < -0.3 is 14.2 Å². The fourth-order valence-corrected chi connectivity index (χ4v) is 4.45. The molecule has 0 aliphatic carbocycles. The third-order valence-corrected chi connectivity index (χ3v) is 6.16. The predicted molar refractivity (Wildman–Crippen MR) is 107 cm³/mol. The second-order valence-corrected chi connectivity index (χ2v) is 8.00. The Hall–Kier alpha value is -2.56. The Labute approximate surface area is 166 Å². The molecule has 0 unspecified atom stereocenters. The topological polar surface area (TPSA) is 53.8 Å². The molecule has 28 heavy (non-hydrogen) atoms. The van der Waals surface area contributed by atoms with Crippen LogP contribution in [0, 0.1) is 11.8 Å². The monoisotopic (exact) mass is 380 g/mol. The molecule has 0 radical (unpaired) electrons. The molecule has 4 rings (SSSR count). The van der Waals surface area contributed by atoms with Gasteiger partial charge in [0.25, 0.3) is 5.91 Å². The Bertz CT molecular complexity index is 771. The molecule has 0 saturated carbocycles. The third kappa shape index (κ3) is 4.29. The number of hydrogen-bond acceptors (Lipinski definition) is 3. The van der Waals surface area contributed by atoms with Crippen LogP contribution in [0.4, 0.5) is 0 Å². The summed E-state index contributed by atoms with van der Waals surface area (Å²) in [4.78, 5) is 29.1. The van der Waals surface area contributed by atoms with Gasteiger partial charge in [0.05, 0.1) is 6.26 Å². The second-order valence-electron chi connectivity index (χ2n) is 8.00. The molecule has 5 heteroatoms. The van der Waals surface area contributed by atoms with Crippen LogP contribution in [0.15, 0.2) is 53.1 Å². The first-order chi connectivity index (χ1) is 13.7. The van der Waals surface area contributed by atoms with Gasteiger partial charge in [-0.05, 0) is 55.7 Å². The Morgan fingerprint density at radius 3 is 2.18 bits per heavy atom. The highest BCUT2D eigenvalue weighted by molar-refractivity contribution is 5.91. The van der Waals surface area contributed by atoms with Gasteiger partial charge in [-0.25, -0.2) is 0 Å². The normalized spacial score (nSPS) is 19.0. The van der Waals surface area contributed by atoms with E-state index in [1.165, 1.54) is 11.8 Å². The summed E-state index contributed by atoms with van der Waals surface area (Å²) >= 11 is 0. The predicted octanol–water partition coefficient (Wildman–Crippen LogP) is 3.61. The fraction of sp³-hybridized carbons (Fsp3) is 0.478. The van der Waals surface area contributed by atoms with Crippen LogP contribution in [-0.4, -0.2) is 47.8 Å². The molecule has 5 nitrogen and oxygen atoms in total. The minimum absolute atomic E-state index is 0.0475. The van der Waals surface area contributed by atoms with E-state index >= 15 is 0 Å². The van der Waals surface area contributed by atoms with Crippen molar-refractivity contribution in [3.8, 4) is 0 Å². The molecular weight excluding hydrogens is 352 g/mol. The molecule has 2 saturated heterocycles. The molecule has 148 valence electrons. The lowest BCUT2D eigenvalue weighted by Gasteiger charge is -2.37. The first-order valence-electron chi connectivity index (χ1n) is 10.4. The lowest BCUT2D eigenvalue weighted by molar-refractivity contribution is -0.138. The van der Waals surface area contributed by atoms with E-state index in [-0.39, 0.29) is 17.7 Å². The van der Waals surface area contributed by atoms with E-state index in [1.807, 2.05) is 0 Å². The third-order valence-electron chi connectivity index (χ3n) is 6.16. The first-order valence-corrected chi connectivity index (χ1v) is 10.4. The van der Waals surface area contributed by atoms with Gasteiger partial charge in [-0.15, -0.1) is 0 Å². The van der Waals surface area contributed by atoms with Crippen LogP contribution in [0.1, 0.15) is 41.8 Å². The highest BCUT2D eigenvalue weighted by atomic mass is 16.3. The van der Waals surface area contributed by atoms with Crippen LogP contribution in [0.25, 0.3) is 0 Å². The molecule has 3 heterocycles. The highest BCUT2D eigenvalue weighted by Crippen LogP contribution is 2.26. The highest BCUT2D eigenvalue weighted by Gasteiger charge is 2.32. The molecule has 2 fully saturated rings. The van der Waals surface area contributed by atoms with Crippen molar-refractivity contribution in [2.75, 3.05) is 26.2 Å². The van der Waals surface area contributed by atoms with Crippen molar-refractivity contribution >= 4 is 11.8 Å². The molecule has 2 aliphatic heterocycles. The van der Waals surface area contributed by atoms with Gasteiger partial charge in [-0.3, -0.25) is 9.59 Å². The molecule has 1 aromatic carbocycles. The number of likely N-dealkylation sites (tertiary alicyclic amines) is 2. The first kappa shape index (κ1) is 18.8. The zero-order chi connectivity index (χ0) is 19.3. The van der Waals surface area contributed by atoms with Crippen molar-refractivity contribution < 1.29 is 14.0 Å². The van der Waals surface area contributed by atoms with E-state index in [4.69, 9.17) is 4.42 Å². The number of furan rings is 1. The van der Waals surface area contributed by atoms with E-state index in [0.29, 0.717) is 24.8 Å². The van der Waals surface area contributed by atoms with Crippen LogP contribution in [0.2, 0.25) is 0 Å². The van der Waals surface area contributed by atoms with E-state index in [9.17, 15) is 9.59 Å². The van der Waals surface area contributed by atoms with Crippen molar-refractivity contribution in [1.82, 2.24) is 9.80 Å². The standard InChI is InChI=1S/C23H28N2O3/c26-22(20-10-14-25(15-11-20)23(27)21-7-4-16-28-21)24-12-8-19(9-13-24)17-18-5-2-1-3-6-18/h1-7,16,19-20H,8-15,17H2. The van der Waals surface area contributed by atoms with E-state index < -0.39 is 0 Å². The molecule has 2 aliphatic rings. The summed E-state index contributed by atoms with van der Waals surface area (Å²) < 4.78 is 5.20. The zero-order valence-corrected chi connectivity index (χ0v) is 16.3. The van der Waals surface area contributed by atoms with Gasteiger partial charge in [0, 0.05) is 32.1 Å². The average Bonchev–Trinajstić information content (AvgIpc) is 3.29. The number of piperidine rings is 2. The van der Waals surface area contributed by atoms with Gasteiger partial charge in [0.2, 0.25) is 5.91 Å². The van der Waals surface area contributed by atoms with Crippen molar-refractivity contribution in [3.63, 3.8) is 0 Å². The summed E-state index contributed by atoms with van der Waals surface area (Å²) in [7, 11) is 0. The Balaban J connectivity index is 1.23. The minimum atomic E-state index is -0.0716. The van der Waals surface area contributed by atoms with Gasteiger partial charge in [0.1, 0.15) is 0 Å². The smallest absolute Gasteiger partial charge is 0.289 e. The number of benzene rings is 1. The summed E-state index contributed by atoms with van der Waals surface area (Å²) in [6, 6.07) is 14.0. The minimum Gasteiger partial charge on any atom is -0.459 e. The van der Waals surface area contributed by atoms with E-state index in [2.05, 4.69) is 35.2 Å². The Morgan fingerprint density at radius 2 is 1.54 bits per heavy atom. The summed E-state index contributed by atoms with van der Waals surface area (Å²) in [6.45, 7) is 2.98. The van der Waals surface area contributed by atoms with Crippen LogP contribution >= 0.6 is 0 Å². The number of carbonyl (C=O) groups is 2. The van der Waals surface area contributed by atoms with Crippen LogP contribution in [0.3, 0.4) is 0 Å². The number of rotatable bonds is 4. The SMILES string of the molecule is O=C(c1ccco1)N1CCC(C(=O)N2CCC(Cc3ccccc3)CC2)CC1. The number of carbonyl (C=O) groups excluding carboxylic acids is 2. The van der Waals surface area contributed by atoms with Crippen LogP contribution < -0.4 is 0 Å². The summed E-state index contributed by atoms with van der Waals surface area (Å²) in [5.41, 5.74) is 1.39. The summed E-state index contributed by atoms with van der Waals surface area (Å²) in [5, 5.41) is 0. The lowest BCUT2D eigenvalue weighted by atomic mass is 9.88. The molecule has 0 atom stereocenters. The number of amides is 2. The number of nitrogens with zero attached hydrogens (tertiary/aromatic N) is 2. The van der Waals surface area contributed by atoms with Gasteiger partial charge in [0.15, 0.2) is 5.76 Å². The lowest BCUT2D eigenvalue weighted by Crippen LogP contribution is -2.46. The van der Waals surface area contributed by atoms with E-state index in [1.54, 1.807) is 17.0 Å². The van der Waals surface area contributed by atoms with Crippen LogP contribution in [0.5, 0.6) is 0 Å². The maximum Gasteiger partial charge on any atom is 0.289 e. The number of hydrogen-bond donors (Lipinski definition) is 0. The fourth-order valence-electron chi connectivity index (χ4n) is 4.45. The maximum atomic E-state index is 12.9. The van der Waals surface area contributed by atoms with Gasteiger partial charge in [-0.2, -0.15) is 0 Å². The largest absolute Gasteiger partial charge is 0.459 e. The van der Waals surface area contributed by atoms with Crippen molar-refractivity contribution in [1.29, 1.82) is 0 Å². The van der Waals surface area contributed by atoms with Gasteiger partial charge >= 0.3 is 0 Å². The van der Waals surface area contributed by atoms with Crippen LogP contribution in [-0.2, 0) is 11.2 Å². The molecule has 0 N–H and O–H groups in total. The molecule has 2 amide bonds. The summed E-state index contributed by atoms with van der Waals surface area (Å²) in [6.07, 6.45) is 6.28. The average molecular weight is 380 g/mol. The zero-order valence-electron chi connectivity index (χ0n) is 16.3. The van der Waals surface area contributed by atoms with Crippen molar-refractivity contribution in [3.05, 3.63) is 60.1 Å².